The number of carbonyl (C=O) groups is 1. The maximum atomic E-state index is 11.8. The second-order valence-electron chi connectivity index (χ2n) is 5.31. The van der Waals surface area contributed by atoms with Gasteiger partial charge in [0.2, 0.25) is 0 Å². The summed E-state index contributed by atoms with van der Waals surface area (Å²) in [5, 5.41) is 1.47. The van der Waals surface area contributed by atoms with Gasteiger partial charge in [-0.2, -0.15) is 0 Å². The Bertz CT molecular complexity index is 1120. The van der Waals surface area contributed by atoms with Crippen LogP contribution in [0.3, 0.4) is 0 Å². The molecule has 0 aliphatic heterocycles. The lowest BCUT2D eigenvalue weighted by atomic mass is 9.98. The SMILES string of the molecule is COc1c2ccoc2c(-c2ccc(C=O)cc2)c2oc(=O)ccc12. The van der Waals surface area contributed by atoms with Crippen molar-refractivity contribution >= 4 is 28.2 Å². The van der Waals surface area contributed by atoms with E-state index in [-0.39, 0.29) is 0 Å². The number of aldehydes is 1. The summed E-state index contributed by atoms with van der Waals surface area (Å²) in [4.78, 5) is 22.6. The zero-order valence-corrected chi connectivity index (χ0v) is 12.7. The van der Waals surface area contributed by atoms with E-state index in [1.807, 2.05) is 6.07 Å². The first-order valence-electron chi connectivity index (χ1n) is 7.29. The van der Waals surface area contributed by atoms with E-state index in [9.17, 15) is 9.59 Å². The lowest BCUT2D eigenvalue weighted by Gasteiger charge is -2.11. The van der Waals surface area contributed by atoms with Crippen LogP contribution in [0.15, 0.2) is 62.4 Å². The van der Waals surface area contributed by atoms with E-state index in [0.29, 0.717) is 33.4 Å². The van der Waals surface area contributed by atoms with E-state index in [1.54, 1.807) is 43.7 Å². The van der Waals surface area contributed by atoms with Gasteiger partial charge in [0.1, 0.15) is 17.6 Å². The van der Waals surface area contributed by atoms with Gasteiger partial charge >= 0.3 is 5.63 Å². The van der Waals surface area contributed by atoms with Crippen molar-refractivity contribution in [1.82, 2.24) is 0 Å². The molecule has 4 rings (SSSR count). The Morgan fingerprint density at radius 3 is 2.42 bits per heavy atom. The number of methoxy groups -OCH3 is 1. The Balaban J connectivity index is 2.18. The normalized spacial score (nSPS) is 11.0. The van der Waals surface area contributed by atoms with Crippen LogP contribution in [0, 0.1) is 0 Å². The molecule has 4 aromatic rings. The molecule has 0 spiro atoms. The van der Waals surface area contributed by atoms with Crippen LogP contribution < -0.4 is 10.4 Å². The first kappa shape index (κ1) is 14.3. The van der Waals surface area contributed by atoms with Crippen molar-refractivity contribution in [1.29, 1.82) is 0 Å². The number of benzene rings is 2. The zero-order valence-electron chi connectivity index (χ0n) is 12.7. The van der Waals surface area contributed by atoms with Gasteiger partial charge in [0, 0.05) is 11.6 Å². The molecule has 0 aliphatic rings. The summed E-state index contributed by atoms with van der Waals surface area (Å²) in [6, 6.07) is 11.8. The molecule has 0 unspecified atom stereocenters. The number of carbonyl (C=O) groups excluding carboxylic acids is 1. The summed E-state index contributed by atoms with van der Waals surface area (Å²) in [7, 11) is 1.56. The van der Waals surface area contributed by atoms with Crippen LogP contribution in [0.2, 0.25) is 0 Å². The zero-order chi connectivity index (χ0) is 16.7. The van der Waals surface area contributed by atoms with Crippen molar-refractivity contribution in [3.63, 3.8) is 0 Å². The Labute approximate surface area is 136 Å². The van der Waals surface area contributed by atoms with Crippen LogP contribution in [-0.4, -0.2) is 13.4 Å². The fourth-order valence-electron chi connectivity index (χ4n) is 2.92. The van der Waals surface area contributed by atoms with E-state index in [0.717, 1.165) is 17.2 Å². The van der Waals surface area contributed by atoms with Crippen molar-refractivity contribution in [2.45, 2.75) is 0 Å². The van der Waals surface area contributed by atoms with Crippen LogP contribution in [0.25, 0.3) is 33.1 Å². The fourth-order valence-corrected chi connectivity index (χ4v) is 2.92. The third-order valence-electron chi connectivity index (χ3n) is 3.98. The average molecular weight is 320 g/mol. The minimum atomic E-state index is -0.457. The van der Waals surface area contributed by atoms with Crippen molar-refractivity contribution in [2.24, 2.45) is 0 Å². The Hall–Kier alpha value is -3.34. The number of fused-ring (bicyclic) bond motifs is 2. The van der Waals surface area contributed by atoms with Crippen LogP contribution in [0.1, 0.15) is 10.4 Å². The number of hydrogen-bond acceptors (Lipinski definition) is 5. The predicted octanol–water partition coefficient (Wildman–Crippen LogP) is 4.03. The van der Waals surface area contributed by atoms with E-state index in [4.69, 9.17) is 13.6 Å². The number of furan rings is 1. The summed E-state index contributed by atoms with van der Waals surface area (Å²) >= 11 is 0. The minimum Gasteiger partial charge on any atom is -0.495 e. The highest BCUT2D eigenvalue weighted by molar-refractivity contribution is 6.12. The van der Waals surface area contributed by atoms with Crippen molar-refractivity contribution in [3.05, 3.63) is 64.7 Å². The lowest BCUT2D eigenvalue weighted by molar-refractivity contribution is 0.112. The van der Waals surface area contributed by atoms with Crippen LogP contribution in [0.5, 0.6) is 5.75 Å². The molecular formula is C19H12O5. The minimum absolute atomic E-state index is 0.389. The molecule has 0 fully saturated rings. The Kier molecular flexibility index (Phi) is 3.20. The van der Waals surface area contributed by atoms with Gasteiger partial charge in [-0.25, -0.2) is 4.79 Å². The monoisotopic (exact) mass is 320 g/mol. The molecule has 0 bridgehead atoms. The average Bonchev–Trinajstić information content (AvgIpc) is 3.08. The third kappa shape index (κ3) is 2.02. The molecule has 5 heteroatoms. The summed E-state index contributed by atoms with van der Waals surface area (Å²) < 4.78 is 16.6. The van der Waals surface area contributed by atoms with Crippen molar-refractivity contribution in [2.75, 3.05) is 7.11 Å². The van der Waals surface area contributed by atoms with Gasteiger partial charge in [-0.15, -0.1) is 0 Å². The maximum Gasteiger partial charge on any atom is 0.336 e. The molecule has 2 aromatic heterocycles. The highest BCUT2D eigenvalue weighted by Crippen LogP contribution is 2.42. The lowest BCUT2D eigenvalue weighted by Crippen LogP contribution is -1.98. The second-order valence-corrected chi connectivity index (χ2v) is 5.31. The van der Waals surface area contributed by atoms with Crippen molar-refractivity contribution < 1.29 is 18.4 Å². The molecule has 2 heterocycles. The number of rotatable bonds is 3. The van der Waals surface area contributed by atoms with Gasteiger partial charge < -0.3 is 13.6 Å². The van der Waals surface area contributed by atoms with E-state index >= 15 is 0 Å². The summed E-state index contributed by atoms with van der Waals surface area (Å²) in [5.74, 6) is 0.589. The smallest absolute Gasteiger partial charge is 0.336 e. The molecule has 0 saturated carbocycles. The topological polar surface area (TPSA) is 69.7 Å². The summed E-state index contributed by atoms with van der Waals surface area (Å²) in [6.07, 6.45) is 2.34. The number of ether oxygens (including phenoxy) is 1. The molecule has 0 radical (unpaired) electrons. The van der Waals surface area contributed by atoms with E-state index < -0.39 is 5.63 Å². The molecule has 0 saturated heterocycles. The molecule has 118 valence electrons. The Morgan fingerprint density at radius 2 is 1.71 bits per heavy atom. The standard InChI is InChI=1S/C19H12O5/c1-22-17-13-6-7-15(21)24-19(13)16(18-14(17)8-9-23-18)12-4-2-11(10-20)3-5-12/h2-10H,1H3. The second kappa shape index (κ2) is 5.38. The highest BCUT2D eigenvalue weighted by Gasteiger charge is 2.20. The van der Waals surface area contributed by atoms with E-state index in [2.05, 4.69) is 0 Å². The largest absolute Gasteiger partial charge is 0.495 e. The van der Waals surface area contributed by atoms with Gasteiger partial charge in [-0.3, -0.25) is 4.79 Å². The van der Waals surface area contributed by atoms with Gasteiger partial charge in [0.25, 0.3) is 0 Å². The van der Waals surface area contributed by atoms with Gasteiger partial charge in [-0.05, 0) is 17.7 Å². The number of hydrogen-bond donors (Lipinski definition) is 0. The van der Waals surface area contributed by atoms with Crippen LogP contribution >= 0.6 is 0 Å². The van der Waals surface area contributed by atoms with E-state index in [1.165, 1.54) is 6.07 Å². The molecule has 0 N–H and O–H groups in total. The van der Waals surface area contributed by atoms with Gasteiger partial charge in [0.05, 0.1) is 29.7 Å². The Morgan fingerprint density at radius 1 is 0.958 bits per heavy atom. The molecule has 5 nitrogen and oxygen atoms in total. The van der Waals surface area contributed by atoms with Crippen LogP contribution in [0.4, 0.5) is 0 Å². The maximum absolute atomic E-state index is 11.8. The molecule has 24 heavy (non-hydrogen) atoms. The van der Waals surface area contributed by atoms with Crippen molar-refractivity contribution in [3.8, 4) is 16.9 Å². The molecule has 2 aromatic carbocycles. The molecule has 0 atom stereocenters. The first-order chi connectivity index (χ1) is 11.7. The summed E-state index contributed by atoms with van der Waals surface area (Å²) in [6.45, 7) is 0. The predicted molar refractivity (Wildman–Crippen MR) is 89.6 cm³/mol. The fraction of sp³-hybridized carbons (Fsp3) is 0.0526. The van der Waals surface area contributed by atoms with Crippen LogP contribution in [-0.2, 0) is 0 Å². The quantitative estimate of drug-likeness (QED) is 0.421. The van der Waals surface area contributed by atoms with Gasteiger partial charge in [-0.1, -0.05) is 24.3 Å². The molecule has 0 amide bonds. The third-order valence-corrected chi connectivity index (χ3v) is 3.98. The van der Waals surface area contributed by atoms with Gasteiger partial charge in [0.15, 0.2) is 5.58 Å². The molecular weight excluding hydrogens is 308 g/mol. The first-order valence-corrected chi connectivity index (χ1v) is 7.29. The molecule has 0 aliphatic carbocycles. The summed E-state index contributed by atoms with van der Waals surface area (Å²) in [5.41, 5.74) is 2.49. The highest BCUT2D eigenvalue weighted by atomic mass is 16.5.